The van der Waals surface area contributed by atoms with Crippen molar-refractivity contribution >= 4 is 22.5 Å². The third-order valence-corrected chi connectivity index (χ3v) is 3.10. The Morgan fingerprint density at radius 3 is 2.86 bits per heavy atom. The van der Waals surface area contributed by atoms with Crippen LogP contribution < -0.4 is 0 Å². The zero-order chi connectivity index (χ0) is 15.0. The van der Waals surface area contributed by atoms with Crippen LogP contribution in [0.1, 0.15) is 15.9 Å². The van der Waals surface area contributed by atoms with Crippen LogP contribution in [0.25, 0.3) is 11.0 Å². The molecule has 21 heavy (non-hydrogen) atoms. The average molecular weight is 285 g/mol. The number of nitro benzene ring substituents is 1. The topological polar surface area (TPSA) is 88.9 Å². The molecule has 3 rings (SSSR count). The Bertz CT molecular complexity index is 873. The third kappa shape index (κ3) is 2.14. The van der Waals surface area contributed by atoms with Gasteiger partial charge in [-0.3, -0.25) is 14.9 Å². The number of non-ortho nitro benzene ring substituents is 1. The van der Waals surface area contributed by atoms with E-state index in [0.29, 0.717) is 11.0 Å². The summed E-state index contributed by atoms with van der Waals surface area (Å²) in [6.07, 6.45) is 2.97. The van der Waals surface area contributed by atoms with Crippen molar-refractivity contribution in [3.8, 4) is 0 Å². The van der Waals surface area contributed by atoms with Crippen LogP contribution in [0.2, 0.25) is 0 Å². The molecule has 0 radical (unpaired) electrons. The van der Waals surface area contributed by atoms with Crippen molar-refractivity contribution in [2.75, 3.05) is 0 Å². The molecule has 0 saturated heterocycles. The first kappa shape index (κ1) is 12.9. The first-order valence-electron chi connectivity index (χ1n) is 5.98. The summed E-state index contributed by atoms with van der Waals surface area (Å²) in [5, 5.41) is 11.3. The number of nitrogens with one attached hydrogen (secondary N) is 1. The molecule has 1 aromatic carbocycles. The number of nitro groups is 1. The highest BCUT2D eigenvalue weighted by molar-refractivity contribution is 6.16. The molecule has 0 unspecified atom stereocenters. The maximum Gasteiger partial charge on any atom is 0.270 e. The zero-order valence-electron chi connectivity index (χ0n) is 10.5. The highest BCUT2D eigenvalue weighted by Crippen LogP contribution is 2.23. The molecule has 6 nitrogen and oxygen atoms in total. The van der Waals surface area contributed by atoms with Gasteiger partial charge < -0.3 is 4.98 Å². The number of aromatic nitrogens is 2. The molecule has 0 saturated carbocycles. The van der Waals surface area contributed by atoms with E-state index in [2.05, 4.69) is 9.97 Å². The number of nitrogens with zero attached hydrogens (tertiary/aromatic N) is 2. The van der Waals surface area contributed by atoms with Gasteiger partial charge in [0.1, 0.15) is 11.5 Å². The first-order valence-corrected chi connectivity index (χ1v) is 5.98. The molecule has 0 amide bonds. The Balaban J connectivity index is 2.14. The molecule has 7 heteroatoms. The maximum absolute atomic E-state index is 13.8. The predicted octanol–water partition coefficient (Wildman–Crippen LogP) is 2.84. The molecule has 2 aromatic heterocycles. The lowest BCUT2D eigenvalue weighted by Crippen LogP contribution is -2.04. The number of carbonyl (C=O) groups is 1. The van der Waals surface area contributed by atoms with Crippen LogP contribution in [0, 0.1) is 15.9 Å². The van der Waals surface area contributed by atoms with Crippen molar-refractivity contribution in [3.63, 3.8) is 0 Å². The number of H-pyrrole nitrogens is 1. The minimum atomic E-state index is -0.802. The number of benzene rings is 1. The fourth-order valence-corrected chi connectivity index (χ4v) is 2.09. The number of ketones is 1. The minimum Gasteiger partial charge on any atom is -0.345 e. The van der Waals surface area contributed by atoms with Gasteiger partial charge in [0.25, 0.3) is 5.69 Å². The van der Waals surface area contributed by atoms with Crippen LogP contribution in [0.15, 0.2) is 42.7 Å². The maximum atomic E-state index is 13.8. The largest absolute Gasteiger partial charge is 0.345 e. The van der Waals surface area contributed by atoms with E-state index in [4.69, 9.17) is 0 Å². The summed E-state index contributed by atoms with van der Waals surface area (Å²) in [6.45, 7) is 0. The fourth-order valence-electron chi connectivity index (χ4n) is 2.09. The molecular formula is C14H8FN3O3. The lowest BCUT2D eigenvalue weighted by Gasteiger charge is -2.01. The molecule has 1 N–H and O–H groups in total. The number of hydrogen-bond acceptors (Lipinski definition) is 4. The van der Waals surface area contributed by atoms with Crippen LogP contribution in [-0.4, -0.2) is 20.7 Å². The second-order valence-corrected chi connectivity index (χ2v) is 4.35. The number of halogens is 1. The molecule has 0 spiro atoms. The first-order chi connectivity index (χ1) is 10.1. The molecule has 0 bridgehead atoms. The second-order valence-electron chi connectivity index (χ2n) is 4.35. The Hall–Kier alpha value is -3.09. The lowest BCUT2D eigenvalue weighted by molar-refractivity contribution is -0.384. The van der Waals surface area contributed by atoms with Crippen molar-refractivity contribution in [2.45, 2.75) is 0 Å². The van der Waals surface area contributed by atoms with E-state index in [0.717, 1.165) is 18.2 Å². The summed E-state index contributed by atoms with van der Waals surface area (Å²) < 4.78 is 13.8. The normalized spacial score (nSPS) is 10.7. The van der Waals surface area contributed by atoms with E-state index in [9.17, 15) is 19.3 Å². The van der Waals surface area contributed by atoms with Gasteiger partial charge in [-0.2, -0.15) is 0 Å². The van der Waals surface area contributed by atoms with Gasteiger partial charge in [0, 0.05) is 35.5 Å². The smallest absolute Gasteiger partial charge is 0.270 e. The lowest BCUT2D eigenvalue weighted by atomic mass is 10.0. The number of hydrogen-bond donors (Lipinski definition) is 1. The molecular weight excluding hydrogens is 277 g/mol. The van der Waals surface area contributed by atoms with E-state index < -0.39 is 16.5 Å². The highest BCUT2D eigenvalue weighted by atomic mass is 19.1. The SMILES string of the molecule is O=C(c1cc([N+](=O)[O-])ccc1F)c1c[nH]c2ncccc12. The molecule has 104 valence electrons. The molecule has 2 heterocycles. The summed E-state index contributed by atoms with van der Waals surface area (Å²) in [5.74, 6) is -1.43. The molecule has 0 aliphatic carbocycles. The molecule has 3 aromatic rings. The van der Waals surface area contributed by atoms with Gasteiger partial charge in [0.15, 0.2) is 5.78 Å². The van der Waals surface area contributed by atoms with Gasteiger partial charge in [-0.15, -0.1) is 0 Å². The van der Waals surface area contributed by atoms with Crippen molar-refractivity contribution in [3.05, 3.63) is 69.8 Å². The average Bonchev–Trinajstić information content (AvgIpc) is 2.90. The van der Waals surface area contributed by atoms with E-state index in [-0.39, 0.29) is 16.8 Å². The van der Waals surface area contributed by atoms with Gasteiger partial charge in [0.2, 0.25) is 0 Å². The van der Waals surface area contributed by atoms with Gasteiger partial charge in [-0.05, 0) is 18.2 Å². The molecule has 0 aliphatic rings. The number of rotatable bonds is 3. The van der Waals surface area contributed by atoms with Crippen molar-refractivity contribution in [1.29, 1.82) is 0 Å². The third-order valence-electron chi connectivity index (χ3n) is 3.10. The quantitative estimate of drug-likeness (QED) is 0.455. The summed E-state index contributed by atoms with van der Waals surface area (Å²) in [7, 11) is 0. The Morgan fingerprint density at radius 1 is 1.29 bits per heavy atom. The van der Waals surface area contributed by atoms with Gasteiger partial charge in [0.05, 0.1) is 10.5 Å². The van der Waals surface area contributed by atoms with Gasteiger partial charge >= 0.3 is 0 Å². The summed E-state index contributed by atoms with van der Waals surface area (Å²) in [6, 6.07) is 6.19. The fraction of sp³-hybridized carbons (Fsp3) is 0. The van der Waals surface area contributed by atoms with E-state index >= 15 is 0 Å². The van der Waals surface area contributed by atoms with E-state index in [1.54, 1.807) is 18.3 Å². The van der Waals surface area contributed by atoms with Crippen molar-refractivity contribution in [2.24, 2.45) is 0 Å². The standard InChI is InChI=1S/C14H8FN3O3/c15-12-4-3-8(18(20)21)6-10(12)13(19)11-7-17-14-9(11)2-1-5-16-14/h1-7H,(H,16,17). The molecule has 0 atom stereocenters. The minimum absolute atomic E-state index is 0.220. The van der Waals surface area contributed by atoms with Crippen LogP contribution >= 0.6 is 0 Å². The number of pyridine rings is 1. The van der Waals surface area contributed by atoms with E-state index in [1.165, 1.54) is 6.20 Å². The van der Waals surface area contributed by atoms with E-state index in [1.807, 2.05) is 0 Å². The predicted molar refractivity (Wildman–Crippen MR) is 72.6 cm³/mol. The number of fused-ring (bicyclic) bond motifs is 1. The van der Waals surface area contributed by atoms with Gasteiger partial charge in [-0.25, -0.2) is 9.37 Å². The van der Waals surface area contributed by atoms with Crippen LogP contribution in [0.5, 0.6) is 0 Å². The summed E-state index contributed by atoms with van der Waals surface area (Å²) in [5.41, 5.74) is 0.0378. The Morgan fingerprint density at radius 2 is 2.10 bits per heavy atom. The summed E-state index contributed by atoms with van der Waals surface area (Å²) >= 11 is 0. The Kier molecular flexibility index (Phi) is 2.94. The highest BCUT2D eigenvalue weighted by Gasteiger charge is 2.21. The number of carbonyl (C=O) groups excluding carboxylic acids is 1. The molecule has 0 aliphatic heterocycles. The van der Waals surface area contributed by atoms with Crippen LogP contribution in [-0.2, 0) is 0 Å². The summed E-state index contributed by atoms with van der Waals surface area (Å²) in [4.78, 5) is 29.3. The van der Waals surface area contributed by atoms with Crippen LogP contribution in [0.3, 0.4) is 0 Å². The molecule has 0 fully saturated rings. The Labute approximate surface area is 117 Å². The van der Waals surface area contributed by atoms with Crippen LogP contribution in [0.4, 0.5) is 10.1 Å². The zero-order valence-corrected chi connectivity index (χ0v) is 10.5. The second kappa shape index (κ2) is 4.78. The number of aromatic amines is 1. The van der Waals surface area contributed by atoms with Gasteiger partial charge in [-0.1, -0.05) is 0 Å². The van der Waals surface area contributed by atoms with Crippen molar-refractivity contribution < 1.29 is 14.1 Å². The monoisotopic (exact) mass is 285 g/mol. The van der Waals surface area contributed by atoms with Crippen molar-refractivity contribution in [1.82, 2.24) is 9.97 Å².